The van der Waals surface area contributed by atoms with Gasteiger partial charge in [0.05, 0.1) is 22.2 Å². The van der Waals surface area contributed by atoms with E-state index in [1.54, 1.807) is 6.20 Å². The lowest BCUT2D eigenvalue weighted by Crippen LogP contribution is -2.30. The van der Waals surface area contributed by atoms with Crippen molar-refractivity contribution in [3.05, 3.63) is 82.1 Å². The maximum atomic E-state index is 13.1. The number of nitrogens with one attached hydrogen (secondary N) is 1. The van der Waals surface area contributed by atoms with Crippen LogP contribution < -0.4 is 5.32 Å². The molecule has 0 saturated heterocycles. The van der Waals surface area contributed by atoms with Crippen LogP contribution in [0, 0.1) is 0 Å². The summed E-state index contributed by atoms with van der Waals surface area (Å²) in [7, 11) is 1.98. The maximum absolute atomic E-state index is 13.1. The molecule has 4 aromatic rings. The van der Waals surface area contributed by atoms with Gasteiger partial charge in [-0.05, 0) is 17.7 Å². The molecule has 6 heteroatoms. The predicted octanol–water partition coefficient (Wildman–Crippen LogP) is 4.85. The van der Waals surface area contributed by atoms with Crippen LogP contribution in [-0.4, -0.2) is 20.4 Å². The van der Waals surface area contributed by atoms with Gasteiger partial charge in [-0.2, -0.15) is 0 Å². The Bertz CT molecular complexity index is 1150. The first-order valence-electron chi connectivity index (χ1n) is 9.58. The van der Waals surface area contributed by atoms with E-state index in [1.807, 2.05) is 66.2 Å². The Balaban J connectivity index is 1.73. The predicted molar refractivity (Wildman–Crippen MR) is 117 cm³/mol. The topological polar surface area (TPSA) is 59.8 Å². The summed E-state index contributed by atoms with van der Waals surface area (Å²) in [5.41, 5.74) is 2.85. The Kier molecular flexibility index (Phi) is 4.96. The van der Waals surface area contributed by atoms with E-state index >= 15 is 0 Å². The van der Waals surface area contributed by atoms with E-state index in [2.05, 4.69) is 31.1 Å². The van der Waals surface area contributed by atoms with E-state index in [-0.39, 0.29) is 17.4 Å². The number of aryl methyl sites for hydroxylation is 1. The van der Waals surface area contributed by atoms with E-state index in [0.717, 1.165) is 27.4 Å². The Morgan fingerprint density at radius 2 is 1.76 bits per heavy atom. The van der Waals surface area contributed by atoms with Crippen molar-refractivity contribution in [1.82, 2.24) is 19.9 Å². The maximum Gasteiger partial charge on any atom is 0.263 e. The minimum Gasteiger partial charge on any atom is -0.337 e. The zero-order valence-corrected chi connectivity index (χ0v) is 17.8. The standard InChI is InChI=1S/C23H24N4OS/c1-23(2,3)22-24-14-18(29-22)21(28)26-19(15-10-6-5-7-11-15)20-25-16-12-8-9-13-17(16)27(20)4/h5-14,19H,1-4H3,(H,26,28). The van der Waals surface area contributed by atoms with Gasteiger partial charge < -0.3 is 9.88 Å². The minimum atomic E-state index is -0.360. The summed E-state index contributed by atoms with van der Waals surface area (Å²) in [4.78, 5) is 23.0. The molecule has 0 radical (unpaired) electrons. The smallest absolute Gasteiger partial charge is 0.263 e. The van der Waals surface area contributed by atoms with Crippen LogP contribution in [0.3, 0.4) is 0 Å². The zero-order chi connectivity index (χ0) is 20.6. The second-order valence-corrected chi connectivity index (χ2v) is 9.15. The first-order chi connectivity index (χ1) is 13.8. The van der Waals surface area contributed by atoms with E-state index in [9.17, 15) is 4.79 Å². The van der Waals surface area contributed by atoms with E-state index in [0.29, 0.717) is 4.88 Å². The van der Waals surface area contributed by atoms with E-state index < -0.39 is 0 Å². The summed E-state index contributed by atoms with van der Waals surface area (Å²) in [6.07, 6.45) is 1.66. The molecule has 0 spiro atoms. The second kappa shape index (κ2) is 7.44. The number of aromatic nitrogens is 3. The lowest BCUT2D eigenvalue weighted by Gasteiger charge is -2.19. The number of carbonyl (C=O) groups is 1. The Labute approximate surface area is 174 Å². The average molecular weight is 405 g/mol. The van der Waals surface area contributed by atoms with E-state index in [4.69, 9.17) is 4.98 Å². The van der Waals surface area contributed by atoms with Crippen LogP contribution in [-0.2, 0) is 12.5 Å². The summed E-state index contributed by atoms with van der Waals surface area (Å²) in [5, 5.41) is 4.13. The van der Waals surface area contributed by atoms with Gasteiger partial charge in [-0.25, -0.2) is 9.97 Å². The van der Waals surface area contributed by atoms with Crippen LogP contribution in [0.4, 0.5) is 0 Å². The van der Waals surface area contributed by atoms with Crippen molar-refractivity contribution in [2.45, 2.75) is 32.2 Å². The number of nitrogens with zero attached hydrogens (tertiary/aromatic N) is 3. The van der Waals surface area contributed by atoms with Crippen molar-refractivity contribution in [2.24, 2.45) is 7.05 Å². The van der Waals surface area contributed by atoms with Crippen LogP contribution in [0.25, 0.3) is 11.0 Å². The molecule has 1 N–H and O–H groups in total. The highest BCUT2D eigenvalue weighted by Gasteiger charge is 2.25. The van der Waals surface area contributed by atoms with Crippen LogP contribution in [0.1, 0.15) is 52.9 Å². The fourth-order valence-electron chi connectivity index (χ4n) is 3.29. The van der Waals surface area contributed by atoms with E-state index in [1.165, 1.54) is 11.3 Å². The molecule has 0 saturated carbocycles. The number of rotatable bonds is 4. The molecular weight excluding hydrogens is 380 g/mol. The summed E-state index contributed by atoms with van der Waals surface area (Å²) >= 11 is 1.44. The number of fused-ring (bicyclic) bond motifs is 1. The van der Waals surface area contributed by atoms with Gasteiger partial charge >= 0.3 is 0 Å². The van der Waals surface area contributed by atoms with Crippen molar-refractivity contribution >= 4 is 28.3 Å². The highest BCUT2D eigenvalue weighted by atomic mass is 32.1. The molecule has 4 rings (SSSR count). The number of amides is 1. The van der Waals surface area contributed by atoms with Gasteiger partial charge in [-0.15, -0.1) is 11.3 Å². The van der Waals surface area contributed by atoms with Gasteiger partial charge in [0.1, 0.15) is 16.7 Å². The van der Waals surface area contributed by atoms with Gasteiger partial charge in [-0.1, -0.05) is 63.2 Å². The second-order valence-electron chi connectivity index (χ2n) is 8.11. The van der Waals surface area contributed by atoms with Crippen LogP contribution in [0.15, 0.2) is 60.8 Å². The number of thiazole rings is 1. The average Bonchev–Trinajstić information content (AvgIpc) is 3.33. The zero-order valence-electron chi connectivity index (χ0n) is 17.0. The molecule has 29 heavy (non-hydrogen) atoms. The summed E-state index contributed by atoms with van der Waals surface area (Å²) in [6.45, 7) is 6.29. The first kappa shape index (κ1) is 19.3. The molecule has 148 valence electrons. The summed E-state index contributed by atoms with van der Waals surface area (Å²) < 4.78 is 2.04. The Morgan fingerprint density at radius 1 is 1.07 bits per heavy atom. The highest BCUT2D eigenvalue weighted by molar-refractivity contribution is 7.13. The van der Waals surface area contributed by atoms with Gasteiger partial charge in [0, 0.05) is 12.5 Å². The van der Waals surface area contributed by atoms with Crippen LogP contribution >= 0.6 is 11.3 Å². The molecule has 2 aromatic carbocycles. The number of benzene rings is 2. The molecule has 1 unspecified atom stereocenters. The summed E-state index contributed by atoms with van der Waals surface area (Å²) in [5.74, 6) is 0.658. The molecule has 0 aliphatic heterocycles. The van der Waals surface area contributed by atoms with Crippen molar-refractivity contribution in [1.29, 1.82) is 0 Å². The molecular formula is C23H24N4OS. The fraction of sp³-hybridized carbons (Fsp3) is 0.261. The summed E-state index contributed by atoms with van der Waals surface area (Å²) in [6, 6.07) is 17.6. The molecule has 1 amide bonds. The third kappa shape index (κ3) is 3.80. The molecule has 0 fully saturated rings. The van der Waals surface area contributed by atoms with Crippen LogP contribution in [0.2, 0.25) is 0 Å². The molecule has 0 aliphatic carbocycles. The fourth-order valence-corrected chi connectivity index (χ4v) is 4.17. The van der Waals surface area contributed by atoms with Crippen molar-refractivity contribution in [3.63, 3.8) is 0 Å². The minimum absolute atomic E-state index is 0.0839. The van der Waals surface area contributed by atoms with Gasteiger partial charge in [-0.3, -0.25) is 4.79 Å². The van der Waals surface area contributed by atoms with Gasteiger partial charge in [0.25, 0.3) is 5.91 Å². The SMILES string of the molecule is Cn1c(C(NC(=O)c2cnc(C(C)(C)C)s2)c2ccccc2)nc2ccccc21. The normalized spacial score (nSPS) is 12.8. The third-order valence-electron chi connectivity index (χ3n) is 4.86. The van der Waals surface area contributed by atoms with Gasteiger partial charge in [0.2, 0.25) is 0 Å². The molecule has 2 aromatic heterocycles. The molecule has 2 heterocycles. The lowest BCUT2D eigenvalue weighted by molar-refractivity contribution is 0.0945. The quantitative estimate of drug-likeness (QED) is 0.529. The number of para-hydroxylation sites is 2. The first-order valence-corrected chi connectivity index (χ1v) is 10.4. The third-order valence-corrected chi connectivity index (χ3v) is 6.28. The monoisotopic (exact) mass is 404 g/mol. The van der Waals surface area contributed by atoms with Crippen LogP contribution in [0.5, 0.6) is 0 Å². The van der Waals surface area contributed by atoms with Gasteiger partial charge in [0.15, 0.2) is 0 Å². The molecule has 0 bridgehead atoms. The van der Waals surface area contributed by atoms with Crippen molar-refractivity contribution in [3.8, 4) is 0 Å². The van der Waals surface area contributed by atoms with Crippen molar-refractivity contribution in [2.75, 3.05) is 0 Å². The molecule has 1 atom stereocenters. The number of imidazole rings is 1. The highest BCUT2D eigenvalue weighted by Crippen LogP contribution is 2.29. The van der Waals surface area contributed by atoms with Crippen molar-refractivity contribution < 1.29 is 4.79 Å². The number of hydrogen-bond acceptors (Lipinski definition) is 4. The number of carbonyl (C=O) groups excluding carboxylic acids is 1. The molecule has 5 nitrogen and oxygen atoms in total. The Hall–Kier alpha value is -2.99. The lowest BCUT2D eigenvalue weighted by atomic mass is 9.98. The number of hydrogen-bond donors (Lipinski definition) is 1. The Morgan fingerprint density at radius 3 is 2.41 bits per heavy atom. The molecule has 0 aliphatic rings. The largest absolute Gasteiger partial charge is 0.337 e.